The van der Waals surface area contributed by atoms with Crippen LogP contribution in [0.2, 0.25) is 0 Å². The van der Waals surface area contributed by atoms with Crippen LogP contribution in [0.25, 0.3) is 22.2 Å². The quantitative estimate of drug-likeness (QED) is 0.230. The number of carbonyl (C=O) groups is 3. The van der Waals surface area contributed by atoms with Gasteiger partial charge < -0.3 is 23.7 Å². The van der Waals surface area contributed by atoms with Crippen molar-refractivity contribution in [3.8, 4) is 22.6 Å². The third-order valence-electron chi connectivity index (χ3n) is 6.85. The summed E-state index contributed by atoms with van der Waals surface area (Å²) in [6.07, 6.45) is 1.58. The lowest BCUT2D eigenvalue weighted by atomic mass is 10.0. The van der Waals surface area contributed by atoms with Gasteiger partial charge in [-0.2, -0.15) is 0 Å². The maximum atomic E-state index is 12.9. The second-order valence-electron chi connectivity index (χ2n) is 12.6. The molecule has 1 atom stereocenters. The van der Waals surface area contributed by atoms with Crippen molar-refractivity contribution in [2.75, 3.05) is 18.4 Å². The van der Waals surface area contributed by atoms with Gasteiger partial charge in [-0.3, -0.25) is 10.1 Å². The number of carbonyl (C=O) groups excluding carboxylic acids is 3. The number of aldehydes is 1. The Bertz CT molecular complexity index is 1670. The van der Waals surface area contributed by atoms with Crippen molar-refractivity contribution in [3.05, 3.63) is 66.6 Å². The van der Waals surface area contributed by atoms with Crippen molar-refractivity contribution in [2.24, 2.45) is 0 Å². The number of nitrogens with one attached hydrogen (secondary N) is 1. The van der Waals surface area contributed by atoms with E-state index in [1.54, 1.807) is 25.7 Å². The topological polar surface area (TPSA) is 125 Å². The lowest BCUT2D eigenvalue weighted by Crippen LogP contribution is -2.35. The average molecular weight is 600 g/mol. The molecule has 2 aromatic carbocycles. The van der Waals surface area contributed by atoms with Gasteiger partial charge in [0.1, 0.15) is 40.5 Å². The van der Waals surface area contributed by atoms with Crippen molar-refractivity contribution in [1.29, 1.82) is 0 Å². The molecule has 0 bridgehead atoms. The summed E-state index contributed by atoms with van der Waals surface area (Å²) in [5.41, 5.74) is 0.665. The Balaban J connectivity index is 1.59. The number of ether oxygens (including phenoxy) is 3. The molecule has 4 aromatic rings. The SMILES string of the molecule is CC(C)(C)OC(=O)Nc1ncnc2c1c(-c1ccc(Oc3ccccc3)cc1)c(C=O)n2[C@@H]1CCN(C(=O)OC(C)(C)C)C1. The largest absolute Gasteiger partial charge is 0.457 e. The fourth-order valence-corrected chi connectivity index (χ4v) is 5.18. The van der Waals surface area contributed by atoms with Crippen LogP contribution < -0.4 is 10.1 Å². The molecule has 5 rings (SSSR count). The van der Waals surface area contributed by atoms with E-state index < -0.39 is 23.4 Å². The molecule has 11 heteroatoms. The van der Waals surface area contributed by atoms with Crippen LogP contribution in [0.4, 0.5) is 15.4 Å². The van der Waals surface area contributed by atoms with Crippen molar-refractivity contribution >= 4 is 35.3 Å². The third-order valence-corrected chi connectivity index (χ3v) is 6.85. The maximum Gasteiger partial charge on any atom is 0.413 e. The molecule has 2 aromatic heterocycles. The zero-order chi connectivity index (χ0) is 31.6. The highest BCUT2D eigenvalue weighted by Gasteiger charge is 2.35. The van der Waals surface area contributed by atoms with Gasteiger partial charge in [-0.05, 0) is 77.8 Å². The highest BCUT2D eigenvalue weighted by Crippen LogP contribution is 2.41. The molecule has 0 unspecified atom stereocenters. The minimum atomic E-state index is -0.734. The van der Waals surface area contributed by atoms with Crippen molar-refractivity contribution in [1.82, 2.24) is 19.4 Å². The van der Waals surface area contributed by atoms with Crippen LogP contribution >= 0.6 is 0 Å². The molecule has 44 heavy (non-hydrogen) atoms. The summed E-state index contributed by atoms with van der Waals surface area (Å²) in [6, 6.07) is 16.4. The van der Waals surface area contributed by atoms with Gasteiger partial charge in [0, 0.05) is 18.7 Å². The summed E-state index contributed by atoms with van der Waals surface area (Å²) in [7, 11) is 0. The van der Waals surface area contributed by atoms with E-state index >= 15 is 0 Å². The van der Waals surface area contributed by atoms with E-state index in [0.29, 0.717) is 58.9 Å². The van der Waals surface area contributed by atoms with Crippen LogP contribution in [0.1, 0.15) is 64.5 Å². The number of rotatable bonds is 6. The first-order valence-electron chi connectivity index (χ1n) is 14.5. The number of para-hydroxylation sites is 1. The highest BCUT2D eigenvalue weighted by molar-refractivity contribution is 6.10. The molecule has 2 amide bonds. The molecule has 0 saturated carbocycles. The summed E-state index contributed by atoms with van der Waals surface area (Å²) in [6.45, 7) is 11.5. The minimum absolute atomic E-state index is 0.202. The molecule has 1 fully saturated rings. The van der Waals surface area contributed by atoms with Gasteiger partial charge in [0.25, 0.3) is 0 Å². The lowest BCUT2D eigenvalue weighted by Gasteiger charge is -2.24. The summed E-state index contributed by atoms with van der Waals surface area (Å²) >= 11 is 0. The fraction of sp³-hybridized carbons (Fsp3) is 0.364. The van der Waals surface area contributed by atoms with Crippen LogP contribution in [0, 0.1) is 0 Å². The predicted octanol–water partition coefficient (Wildman–Crippen LogP) is 7.23. The van der Waals surface area contributed by atoms with Crippen molar-refractivity contribution < 1.29 is 28.6 Å². The number of anilines is 1. The Morgan fingerprint density at radius 1 is 0.909 bits per heavy atom. The molecular weight excluding hydrogens is 562 g/mol. The molecule has 230 valence electrons. The van der Waals surface area contributed by atoms with Gasteiger partial charge in [0.05, 0.1) is 17.1 Å². The van der Waals surface area contributed by atoms with Gasteiger partial charge >= 0.3 is 12.2 Å². The molecule has 0 spiro atoms. The van der Waals surface area contributed by atoms with E-state index in [2.05, 4.69) is 15.3 Å². The Morgan fingerprint density at radius 3 is 2.20 bits per heavy atom. The number of aromatic nitrogens is 3. The van der Waals surface area contributed by atoms with E-state index in [-0.39, 0.29) is 11.9 Å². The minimum Gasteiger partial charge on any atom is -0.457 e. The van der Waals surface area contributed by atoms with E-state index in [1.807, 2.05) is 79.9 Å². The number of benzene rings is 2. The second-order valence-corrected chi connectivity index (χ2v) is 12.6. The maximum absolute atomic E-state index is 12.9. The van der Waals surface area contributed by atoms with Crippen LogP contribution in [-0.2, 0) is 9.47 Å². The smallest absolute Gasteiger partial charge is 0.413 e. The number of fused-ring (bicyclic) bond motifs is 1. The van der Waals surface area contributed by atoms with Gasteiger partial charge in [-0.1, -0.05) is 30.3 Å². The summed E-state index contributed by atoms with van der Waals surface area (Å²) < 4.78 is 18.9. The van der Waals surface area contributed by atoms with E-state index in [0.717, 1.165) is 6.29 Å². The first-order chi connectivity index (χ1) is 20.8. The zero-order valence-electron chi connectivity index (χ0n) is 25.8. The normalized spacial score (nSPS) is 15.2. The van der Waals surface area contributed by atoms with E-state index in [4.69, 9.17) is 14.2 Å². The highest BCUT2D eigenvalue weighted by atomic mass is 16.6. The van der Waals surface area contributed by atoms with Crippen molar-refractivity contribution in [3.63, 3.8) is 0 Å². The Hall–Kier alpha value is -4.93. The second kappa shape index (κ2) is 12.0. The molecular formula is C33H37N5O6. The average Bonchev–Trinajstić information content (AvgIpc) is 3.55. The van der Waals surface area contributed by atoms with Gasteiger partial charge in [-0.25, -0.2) is 19.6 Å². The first kappa shape index (κ1) is 30.5. The monoisotopic (exact) mass is 599 g/mol. The Kier molecular flexibility index (Phi) is 8.31. The molecule has 3 heterocycles. The molecule has 1 saturated heterocycles. The summed E-state index contributed by atoms with van der Waals surface area (Å²) in [5, 5.41) is 3.23. The molecule has 1 aliphatic heterocycles. The summed E-state index contributed by atoms with van der Waals surface area (Å²) in [4.78, 5) is 49.1. The number of hydrogen-bond acceptors (Lipinski definition) is 8. The van der Waals surface area contributed by atoms with Gasteiger partial charge in [0.2, 0.25) is 0 Å². The van der Waals surface area contributed by atoms with E-state index in [1.165, 1.54) is 6.33 Å². The Morgan fingerprint density at radius 2 is 1.57 bits per heavy atom. The zero-order valence-corrected chi connectivity index (χ0v) is 25.8. The fourth-order valence-electron chi connectivity index (χ4n) is 5.18. The number of nitrogens with zero attached hydrogens (tertiary/aromatic N) is 4. The third kappa shape index (κ3) is 6.82. The van der Waals surface area contributed by atoms with Gasteiger partial charge in [-0.15, -0.1) is 0 Å². The summed E-state index contributed by atoms with van der Waals surface area (Å²) in [5.74, 6) is 1.51. The first-order valence-corrected chi connectivity index (χ1v) is 14.5. The molecule has 11 nitrogen and oxygen atoms in total. The molecule has 1 N–H and O–H groups in total. The molecule has 0 radical (unpaired) electrons. The number of likely N-dealkylation sites (tertiary alicyclic amines) is 1. The van der Waals surface area contributed by atoms with Crippen LogP contribution in [0.5, 0.6) is 11.5 Å². The van der Waals surface area contributed by atoms with Crippen LogP contribution in [0.3, 0.4) is 0 Å². The number of amides is 2. The molecule has 0 aliphatic carbocycles. The molecule has 1 aliphatic rings. The van der Waals surface area contributed by atoms with Crippen LogP contribution in [0.15, 0.2) is 60.9 Å². The van der Waals surface area contributed by atoms with Crippen LogP contribution in [-0.4, -0.2) is 62.2 Å². The lowest BCUT2D eigenvalue weighted by molar-refractivity contribution is 0.0289. The van der Waals surface area contributed by atoms with Crippen molar-refractivity contribution in [2.45, 2.75) is 65.2 Å². The number of hydrogen-bond donors (Lipinski definition) is 1. The van der Waals surface area contributed by atoms with Gasteiger partial charge in [0.15, 0.2) is 6.29 Å². The predicted molar refractivity (Wildman–Crippen MR) is 166 cm³/mol. The van der Waals surface area contributed by atoms with E-state index in [9.17, 15) is 14.4 Å². The Labute approximate surface area is 256 Å². The standard InChI is InChI=1S/C33H37N5O6/c1-32(2,3)43-30(40)36-28-27-26(21-12-14-24(15-13-21)42-23-10-8-7-9-11-23)25(19-39)38(29(27)35-20-34-28)22-16-17-37(18-22)31(41)44-33(4,5)6/h7-15,19-20,22H,16-18H2,1-6H3,(H,34,35,36,40)/t22-/m1/s1.